The predicted molar refractivity (Wildman–Crippen MR) is 92.3 cm³/mol. The number of aromatic nitrogens is 1. The SMILES string of the molecule is Cc1nc(C)c(CC(=O)N2CCC3(CC2)[C@H](C(=O)O)CC(=O)N3C)s1. The number of hydrogen-bond donors (Lipinski definition) is 1. The number of aliphatic carboxylic acids is 1. The van der Waals surface area contributed by atoms with Gasteiger partial charge < -0.3 is 14.9 Å². The van der Waals surface area contributed by atoms with E-state index in [9.17, 15) is 19.5 Å². The Kier molecular flexibility index (Phi) is 4.57. The zero-order valence-corrected chi connectivity index (χ0v) is 15.6. The number of rotatable bonds is 3. The number of likely N-dealkylation sites (tertiary alicyclic amines) is 2. The fraction of sp³-hybridized carbons (Fsp3) is 0.647. The number of carbonyl (C=O) groups excluding carboxylic acids is 2. The lowest BCUT2D eigenvalue weighted by Crippen LogP contribution is -2.57. The van der Waals surface area contributed by atoms with Crippen molar-refractivity contribution in [2.75, 3.05) is 20.1 Å². The number of aryl methyl sites for hydroxylation is 2. The van der Waals surface area contributed by atoms with Crippen LogP contribution in [0.15, 0.2) is 0 Å². The molecule has 2 aliphatic rings. The third kappa shape index (κ3) is 3.03. The van der Waals surface area contributed by atoms with Crippen molar-refractivity contribution in [3.05, 3.63) is 15.6 Å². The van der Waals surface area contributed by atoms with E-state index in [2.05, 4.69) is 4.98 Å². The monoisotopic (exact) mass is 365 g/mol. The normalized spacial score (nSPS) is 22.7. The van der Waals surface area contributed by atoms with Crippen LogP contribution in [0.5, 0.6) is 0 Å². The highest BCUT2D eigenvalue weighted by Crippen LogP contribution is 2.42. The maximum Gasteiger partial charge on any atom is 0.309 e. The van der Waals surface area contributed by atoms with Gasteiger partial charge in [0, 0.05) is 31.4 Å². The minimum atomic E-state index is -0.923. The van der Waals surface area contributed by atoms with Crippen molar-refractivity contribution in [3.8, 4) is 0 Å². The summed E-state index contributed by atoms with van der Waals surface area (Å²) in [7, 11) is 1.69. The molecule has 136 valence electrons. The molecule has 0 aromatic carbocycles. The van der Waals surface area contributed by atoms with Crippen molar-refractivity contribution in [3.63, 3.8) is 0 Å². The average Bonchev–Trinajstić information content (AvgIpc) is 2.99. The number of hydrogen-bond acceptors (Lipinski definition) is 5. The molecule has 0 aliphatic carbocycles. The molecule has 0 saturated carbocycles. The summed E-state index contributed by atoms with van der Waals surface area (Å²) in [5.74, 6) is -1.69. The highest BCUT2D eigenvalue weighted by molar-refractivity contribution is 7.11. The number of thiazole rings is 1. The fourth-order valence-corrected chi connectivity index (χ4v) is 5.04. The van der Waals surface area contributed by atoms with Crippen molar-refractivity contribution in [2.24, 2.45) is 5.92 Å². The summed E-state index contributed by atoms with van der Waals surface area (Å²) in [5, 5.41) is 10.5. The Morgan fingerprint density at radius 3 is 2.48 bits per heavy atom. The zero-order chi connectivity index (χ0) is 18.4. The van der Waals surface area contributed by atoms with Gasteiger partial charge in [-0.15, -0.1) is 11.3 Å². The van der Waals surface area contributed by atoms with Gasteiger partial charge in [-0.1, -0.05) is 0 Å². The topological polar surface area (TPSA) is 90.8 Å². The van der Waals surface area contributed by atoms with E-state index in [-0.39, 0.29) is 18.2 Å². The number of amides is 2. The lowest BCUT2D eigenvalue weighted by Gasteiger charge is -2.45. The second-order valence-electron chi connectivity index (χ2n) is 6.95. The van der Waals surface area contributed by atoms with Crippen LogP contribution in [0.2, 0.25) is 0 Å². The molecule has 3 rings (SSSR count). The largest absolute Gasteiger partial charge is 0.481 e. The van der Waals surface area contributed by atoms with Crippen molar-refractivity contribution in [1.82, 2.24) is 14.8 Å². The Balaban J connectivity index is 1.68. The maximum absolute atomic E-state index is 12.6. The first-order chi connectivity index (χ1) is 11.7. The predicted octanol–water partition coefficient (Wildman–Crippen LogP) is 1.23. The van der Waals surface area contributed by atoms with Crippen LogP contribution in [-0.4, -0.2) is 63.4 Å². The molecule has 2 aliphatic heterocycles. The van der Waals surface area contributed by atoms with E-state index in [1.807, 2.05) is 13.8 Å². The summed E-state index contributed by atoms with van der Waals surface area (Å²) in [6.07, 6.45) is 1.41. The van der Waals surface area contributed by atoms with Crippen LogP contribution in [0.1, 0.15) is 34.8 Å². The molecule has 2 amide bonds. The van der Waals surface area contributed by atoms with Gasteiger partial charge in [-0.05, 0) is 26.7 Å². The number of nitrogens with zero attached hydrogens (tertiary/aromatic N) is 3. The van der Waals surface area contributed by atoms with Gasteiger partial charge in [0.25, 0.3) is 0 Å². The van der Waals surface area contributed by atoms with Gasteiger partial charge in [0.2, 0.25) is 11.8 Å². The first-order valence-electron chi connectivity index (χ1n) is 8.45. The first kappa shape index (κ1) is 17.8. The molecular formula is C17H23N3O4S. The molecule has 2 saturated heterocycles. The van der Waals surface area contributed by atoms with Crippen LogP contribution in [-0.2, 0) is 20.8 Å². The summed E-state index contributed by atoms with van der Waals surface area (Å²) in [6.45, 7) is 4.80. The molecule has 1 N–H and O–H groups in total. The van der Waals surface area contributed by atoms with Crippen LogP contribution >= 0.6 is 11.3 Å². The summed E-state index contributed by atoms with van der Waals surface area (Å²) in [6, 6.07) is 0. The third-order valence-corrected chi connectivity index (χ3v) is 6.73. The van der Waals surface area contributed by atoms with E-state index in [1.54, 1.807) is 28.2 Å². The maximum atomic E-state index is 12.6. The highest BCUT2D eigenvalue weighted by Gasteiger charge is 2.55. The van der Waals surface area contributed by atoms with Gasteiger partial charge in [-0.3, -0.25) is 14.4 Å². The van der Waals surface area contributed by atoms with E-state index < -0.39 is 17.4 Å². The zero-order valence-electron chi connectivity index (χ0n) is 14.7. The molecule has 0 unspecified atom stereocenters. The van der Waals surface area contributed by atoms with Gasteiger partial charge >= 0.3 is 5.97 Å². The van der Waals surface area contributed by atoms with Crippen LogP contribution in [0, 0.1) is 19.8 Å². The van der Waals surface area contributed by atoms with Gasteiger partial charge in [-0.25, -0.2) is 4.98 Å². The van der Waals surface area contributed by atoms with Crippen LogP contribution < -0.4 is 0 Å². The summed E-state index contributed by atoms with van der Waals surface area (Å²) >= 11 is 1.54. The molecule has 2 fully saturated rings. The summed E-state index contributed by atoms with van der Waals surface area (Å²) in [4.78, 5) is 45.0. The van der Waals surface area contributed by atoms with Crippen LogP contribution in [0.3, 0.4) is 0 Å². The number of carboxylic acid groups (broad SMARTS) is 1. The third-order valence-electron chi connectivity index (χ3n) is 5.66. The Labute approximate surface area is 150 Å². The quantitative estimate of drug-likeness (QED) is 0.870. The van der Waals surface area contributed by atoms with Gasteiger partial charge in [-0.2, -0.15) is 0 Å². The Bertz CT molecular complexity index is 721. The number of carbonyl (C=O) groups is 3. The fourth-order valence-electron chi connectivity index (χ4n) is 4.11. The Hall–Kier alpha value is -1.96. The molecule has 0 bridgehead atoms. The van der Waals surface area contributed by atoms with E-state index in [4.69, 9.17) is 0 Å². The van der Waals surface area contributed by atoms with Crippen LogP contribution in [0.4, 0.5) is 0 Å². The van der Waals surface area contributed by atoms with E-state index in [1.165, 1.54) is 0 Å². The van der Waals surface area contributed by atoms with Crippen molar-refractivity contribution in [1.29, 1.82) is 0 Å². The molecule has 1 atom stereocenters. The number of carboxylic acids is 1. The Morgan fingerprint density at radius 2 is 1.96 bits per heavy atom. The molecule has 3 heterocycles. The molecule has 8 heteroatoms. The van der Waals surface area contributed by atoms with Crippen molar-refractivity contribution in [2.45, 2.75) is 45.1 Å². The van der Waals surface area contributed by atoms with Crippen LogP contribution in [0.25, 0.3) is 0 Å². The van der Waals surface area contributed by atoms with E-state index in [0.717, 1.165) is 15.6 Å². The lowest BCUT2D eigenvalue weighted by atomic mass is 9.77. The minimum Gasteiger partial charge on any atom is -0.481 e. The first-order valence-corrected chi connectivity index (χ1v) is 9.26. The molecule has 1 spiro atoms. The summed E-state index contributed by atoms with van der Waals surface area (Å²) < 4.78 is 0. The molecule has 25 heavy (non-hydrogen) atoms. The molecule has 7 nitrogen and oxygen atoms in total. The van der Waals surface area contributed by atoms with Gasteiger partial charge in [0.05, 0.1) is 28.6 Å². The molecule has 1 aromatic heterocycles. The van der Waals surface area contributed by atoms with E-state index in [0.29, 0.717) is 32.4 Å². The van der Waals surface area contributed by atoms with Crippen molar-refractivity contribution >= 4 is 29.1 Å². The molecule has 1 aromatic rings. The highest BCUT2D eigenvalue weighted by atomic mass is 32.1. The van der Waals surface area contributed by atoms with E-state index >= 15 is 0 Å². The average molecular weight is 365 g/mol. The second-order valence-corrected chi connectivity index (χ2v) is 8.24. The van der Waals surface area contributed by atoms with Crippen molar-refractivity contribution < 1.29 is 19.5 Å². The van der Waals surface area contributed by atoms with Gasteiger partial charge in [0.15, 0.2) is 0 Å². The summed E-state index contributed by atoms with van der Waals surface area (Å²) in [5.41, 5.74) is 0.243. The molecular weight excluding hydrogens is 342 g/mol. The second kappa shape index (κ2) is 6.40. The lowest BCUT2D eigenvalue weighted by molar-refractivity contribution is -0.146. The standard InChI is InChI=1S/C17H23N3O4S/c1-10-13(25-11(2)18-10)9-15(22)20-6-4-17(5-7-20)12(16(23)24)8-14(21)19(17)3/h12H,4-9H2,1-3H3,(H,23,24)/t12-/m0/s1. The van der Waals surface area contributed by atoms with Gasteiger partial charge in [0.1, 0.15) is 0 Å². The Morgan fingerprint density at radius 1 is 1.32 bits per heavy atom. The number of piperidine rings is 1. The molecule has 0 radical (unpaired) electrons. The smallest absolute Gasteiger partial charge is 0.309 e. The minimum absolute atomic E-state index is 0.0421.